The van der Waals surface area contributed by atoms with Crippen LogP contribution in [0.1, 0.15) is 26.5 Å². The third kappa shape index (κ3) is 4.52. The second kappa shape index (κ2) is 8.63. The largest absolute Gasteiger partial charge is 0.486 e. The Labute approximate surface area is 183 Å². The molecule has 0 fully saturated rings. The predicted octanol–water partition coefficient (Wildman–Crippen LogP) is 2.23. The first kappa shape index (κ1) is 21.2. The molecule has 1 aliphatic heterocycles. The maximum atomic E-state index is 12.8. The smallest absolute Gasteiger partial charge is 0.273 e. The van der Waals surface area contributed by atoms with Crippen LogP contribution in [0.4, 0.5) is 5.69 Å². The second-order valence-corrected chi connectivity index (χ2v) is 8.47. The normalized spacial score (nSPS) is 12.7. The van der Waals surface area contributed by atoms with Crippen molar-refractivity contribution in [1.29, 1.82) is 0 Å². The molecule has 0 radical (unpaired) electrons. The van der Waals surface area contributed by atoms with Crippen molar-refractivity contribution >= 4 is 27.5 Å². The zero-order chi connectivity index (χ0) is 22.7. The number of hydrogen-bond donors (Lipinski definition) is 3. The number of rotatable bonds is 5. The van der Waals surface area contributed by atoms with Crippen LogP contribution in [0, 0.1) is 6.92 Å². The van der Waals surface area contributed by atoms with Gasteiger partial charge in [-0.15, -0.1) is 0 Å². The number of benzene rings is 2. The van der Waals surface area contributed by atoms with Gasteiger partial charge in [0.05, 0.1) is 16.7 Å². The van der Waals surface area contributed by atoms with Crippen LogP contribution in [0.15, 0.2) is 64.1 Å². The lowest BCUT2D eigenvalue weighted by Gasteiger charge is -2.19. The van der Waals surface area contributed by atoms with Gasteiger partial charge in [0.15, 0.2) is 11.5 Å². The number of sulfonamides is 1. The number of furan rings is 1. The van der Waals surface area contributed by atoms with E-state index in [9.17, 15) is 18.0 Å². The summed E-state index contributed by atoms with van der Waals surface area (Å²) in [5.41, 5.74) is 5.16. The molecule has 2 heterocycles. The number of aryl methyl sites for hydroxylation is 1. The summed E-state index contributed by atoms with van der Waals surface area (Å²) in [6.07, 6.45) is 1.36. The summed E-state index contributed by atoms with van der Waals surface area (Å²) >= 11 is 0. The number of carbonyl (C=O) groups is 2. The molecule has 0 spiro atoms. The molecule has 32 heavy (non-hydrogen) atoms. The summed E-state index contributed by atoms with van der Waals surface area (Å²) in [7, 11) is -3.95. The number of ether oxygens (including phenoxy) is 2. The van der Waals surface area contributed by atoms with Gasteiger partial charge in [-0.3, -0.25) is 25.2 Å². The van der Waals surface area contributed by atoms with Gasteiger partial charge in [-0.1, -0.05) is 6.07 Å². The van der Waals surface area contributed by atoms with Crippen LogP contribution in [0.5, 0.6) is 11.5 Å². The molecule has 0 atom stereocenters. The molecule has 166 valence electrons. The van der Waals surface area contributed by atoms with Crippen molar-refractivity contribution in [3.8, 4) is 11.5 Å². The fourth-order valence-corrected chi connectivity index (χ4v) is 4.07. The Hall–Kier alpha value is -3.99. The molecule has 0 saturated carbocycles. The third-order valence-corrected chi connectivity index (χ3v) is 5.97. The fourth-order valence-electron chi connectivity index (χ4n) is 3.00. The van der Waals surface area contributed by atoms with E-state index in [0.717, 1.165) is 0 Å². The summed E-state index contributed by atoms with van der Waals surface area (Å²) in [6, 6.07) is 11.6. The van der Waals surface area contributed by atoms with Crippen molar-refractivity contribution in [3.63, 3.8) is 0 Å². The van der Waals surface area contributed by atoms with Gasteiger partial charge in [0, 0.05) is 17.3 Å². The van der Waals surface area contributed by atoms with Crippen LogP contribution in [0.25, 0.3) is 0 Å². The van der Waals surface area contributed by atoms with Gasteiger partial charge in [-0.05, 0) is 43.3 Å². The molecule has 3 N–H and O–H groups in total. The predicted molar refractivity (Wildman–Crippen MR) is 113 cm³/mol. The highest BCUT2D eigenvalue weighted by molar-refractivity contribution is 7.92. The molecule has 2 aromatic carbocycles. The first-order chi connectivity index (χ1) is 15.3. The van der Waals surface area contributed by atoms with Gasteiger partial charge in [0.1, 0.15) is 19.0 Å². The minimum Gasteiger partial charge on any atom is -0.486 e. The van der Waals surface area contributed by atoms with Gasteiger partial charge >= 0.3 is 0 Å². The van der Waals surface area contributed by atoms with E-state index in [-0.39, 0.29) is 21.7 Å². The van der Waals surface area contributed by atoms with E-state index in [4.69, 9.17) is 13.9 Å². The van der Waals surface area contributed by atoms with Crippen molar-refractivity contribution in [2.45, 2.75) is 11.8 Å². The molecule has 1 aromatic heterocycles. The SMILES string of the molecule is Cc1occc1C(=O)NNC(=O)c1cccc(NS(=O)(=O)c2ccc3c(c2)OCCO3)c1. The molecule has 0 aliphatic carbocycles. The number of carbonyl (C=O) groups excluding carboxylic acids is 2. The standard InChI is InChI=1S/C21H19N3O7S/c1-13-17(7-8-29-13)21(26)23-22-20(25)14-3-2-4-15(11-14)24-32(27,28)16-5-6-18-19(12-16)31-10-9-30-18/h2-8,11-12,24H,9-10H2,1H3,(H,22,25)(H,23,26). The maximum absolute atomic E-state index is 12.8. The van der Waals surface area contributed by atoms with Crippen LogP contribution in [0.3, 0.4) is 0 Å². The molecule has 4 rings (SSSR count). The molecule has 0 unspecified atom stereocenters. The van der Waals surface area contributed by atoms with E-state index in [1.54, 1.807) is 6.92 Å². The van der Waals surface area contributed by atoms with Crippen molar-refractivity contribution < 1.29 is 31.9 Å². The topological polar surface area (TPSA) is 136 Å². The fraction of sp³-hybridized carbons (Fsp3) is 0.143. The number of hydrogen-bond acceptors (Lipinski definition) is 7. The van der Waals surface area contributed by atoms with E-state index in [2.05, 4.69) is 15.6 Å². The van der Waals surface area contributed by atoms with Crippen LogP contribution in [-0.2, 0) is 10.0 Å². The molecule has 0 bridgehead atoms. The summed E-state index contributed by atoms with van der Waals surface area (Å²) in [4.78, 5) is 24.5. The van der Waals surface area contributed by atoms with Crippen molar-refractivity contribution in [1.82, 2.24) is 10.9 Å². The monoisotopic (exact) mass is 457 g/mol. The van der Waals surface area contributed by atoms with Crippen molar-refractivity contribution in [3.05, 3.63) is 71.7 Å². The lowest BCUT2D eigenvalue weighted by molar-refractivity contribution is 0.0845. The van der Waals surface area contributed by atoms with E-state index in [0.29, 0.717) is 30.5 Å². The molecule has 0 saturated heterocycles. The Balaban J connectivity index is 1.45. The van der Waals surface area contributed by atoms with E-state index in [1.807, 2.05) is 0 Å². The van der Waals surface area contributed by atoms with Crippen LogP contribution < -0.4 is 25.0 Å². The minimum absolute atomic E-state index is 0.0145. The highest BCUT2D eigenvalue weighted by Gasteiger charge is 2.20. The zero-order valence-electron chi connectivity index (χ0n) is 16.9. The number of hydrazine groups is 1. The second-order valence-electron chi connectivity index (χ2n) is 6.79. The first-order valence-electron chi connectivity index (χ1n) is 9.51. The lowest BCUT2D eigenvalue weighted by Crippen LogP contribution is -2.41. The molecule has 1 aliphatic rings. The third-order valence-electron chi connectivity index (χ3n) is 4.59. The molecular weight excluding hydrogens is 438 g/mol. The molecular formula is C21H19N3O7S. The first-order valence-corrected chi connectivity index (χ1v) is 11.0. The number of amides is 2. The minimum atomic E-state index is -3.95. The van der Waals surface area contributed by atoms with Gasteiger partial charge < -0.3 is 13.9 Å². The Morgan fingerprint density at radius 2 is 1.66 bits per heavy atom. The average Bonchev–Trinajstić information content (AvgIpc) is 3.22. The summed E-state index contributed by atoms with van der Waals surface area (Å²) < 4.78 is 43.9. The highest BCUT2D eigenvalue weighted by atomic mass is 32.2. The summed E-state index contributed by atoms with van der Waals surface area (Å²) in [6.45, 7) is 2.35. The zero-order valence-corrected chi connectivity index (χ0v) is 17.7. The number of fused-ring (bicyclic) bond motifs is 1. The van der Waals surface area contributed by atoms with E-state index in [1.165, 1.54) is 54.8 Å². The maximum Gasteiger partial charge on any atom is 0.273 e. The molecule has 10 nitrogen and oxygen atoms in total. The Kier molecular flexibility index (Phi) is 5.73. The quantitative estimate of drug-likeness (QED) is 0.500. The average molecular weight is 457 g/mol. The van der Waals surface area contributed by atoms with Crippen LogP contribution in [0.2, 0.25) is 0 Å². The molecule has 11 heteroatoms. The number of anilines is 1. The van der Waals surface area contributed by atoms with Gasteiger partial charge in [0.2, 0.25) is 0 Å². The number of nitrogens with one attached hydrogen (secondary N) is 3. The van der Waals surface area contributed by atoms with Crippen LogP contribution >= 0.6 is 0 Å². The Morgan fingerprint density at radius 1 is 0.906 bits per heavy atom. The molecule has 3 aromatic rings. The summed E-state index contributed by atoms with van der Waals surface area (Å²) in [5.74, 6) is 0.0598. The lowest BCUT2D eigenvalue weighted by atomic mass is 10.2. The van der Waals surface area contributed by atoms with Gasteiger partial charge in [0.25, 0.3) is 21.8 Å². The highest BCUT2D eigenvalue weighted by Crippen LogP contribution is 2.32. The van der Waals surface area contributed by atoms with E-state index >= 15 is 0 Å². The Morgan fingerprint density at radius 3 is 2.41 bits per heavy atom. The van der Waals surface area contributed by atoms with E-state index < -0.39 is 21.8 Å². The summed E-state index contributed by atoms with van der Waals surface area (Å²) in [5, 5.41) is 0. The Bertz CT molecular complexity index is 1280. The van der Waals surface area contributed by atoms with Crippen molar-refractivity contribution in [2.75, 3.05) is 17.9 Å². The van der Waals surface area contributed by atoms with Crippen LogP contribution in [-0.4, -0.2) is 33.4 Å². The molecule has 2 amide bonds. The van der Waals surface area contributed by atoms with Gasteiger partial charge in [-0.2, -0.15) is 0 Å². The van der Waals surface area contributed by atoms with Gasteiger partial charge in [-0.25, -0.2) is 8.42 Å². The van der Waals surface area contributed by atoms with Crippen molar-refractivity contribution in [2.24, 2.45) is 0 Å².